The monoisotopic (exact) mass is 455 g/mol. The number of nitrogens with zero attached hydrogens (tertiary/aromatic N) is 3. The summed E-state index contributed by atoms with van der Waals surface area (Å²) in [5, 5.41) is 6.22. The molecule has 4 rings (SSSR count). The Hall–Kier alpha value is -2.79. The molecule has 150 valence electrons. The molecule has 0 bridgehead atoms. The summed E-state index contributed by atoms with van der Waals surface area (Å²) in [7, 11) is 0. The lowest BCUT2D eigenvalue weighted by molar-refractivity contribution is 0.131. The van der Waals surface area contributed by atoms with E-state index in [1.54, 1.807) is 24.7 Å². The number of hydrogen-bond donors (Lipinski definition) is 0. The Labute approximate surface area is 189 Å². The molecule has 0 aliphatic rings. The van der Waals surface area contributed by atoms with Gasteiger partial charge < -0.3 is 9.40 Å². The van der Waals surface area contributed by atoms with Crippen LogP contribution in [0, 0.1) is 0 Å². The minimum atomic E-state index is 0.209. The van der Waals surface area contributed by atoms with Crippen LogP contribution in [0.2, 0.25) is 15.1 Å². The maximum absolute atomic E-state index is 6.25. The van der Waals surface area contributed by atoms with Gasteiger partial charge in [-0.25, -0.2) is 4.98 Å². The van der Waals surface area contributed by atoms with Gasteiger partial charge in [0.25, 0.3) is 0 Å². The Bertz CT molecular complexity index is 1170. The molecule has 0 saturated carbocycles. The standard InChI is InChI=1S/C23H16Cl3N3O/c24-18-8-5-16(6-9-18)23(28-30-14-17-7-10-19(25)13-21(17)26)20-3-1-2-4-22(20)29-12-11-27-15-29/h1-13,15H,14H2/b28-23+. The van der Waals surface area contributed by atoms with E-state index in [-0.39, 0.29) is 6.61 Å². The summed E-state index contributed by atoms with van der Waals surface area (Å²) in [5.74, 6) is 0. The van der Waals surface area contributed by atoms with E-state index in [1.165, 1.54) is 0 Å². The molecule has 4 aromatic rings. The molecule has 30 heavy (non-hydrogen) atoms. The van der Waals surface area contributed by atoms with Crippen LogP contribution < -0.4 is 0 Å². The Morgan fingerprint density at radius 2 is 1.70 bits per heavy atom. The summed E-state index contributed by atoms with van der Waals surface area (Å²) < 4.78 is 1.93. The topological polar surface area (TPSA) is 39.4 Å². The molecule has 0 aliphatic carbocycles. The van der Waals surface area contributed by atoms with Crippen molar-refractivity contribution in [3.63, 3.8) is 0 Å². The average molecular weight is 457 g/mol. The third-order valence-corrected chi connectivity index (χ3v) is 5.29. The van der Waals surface area contributed by atoms with E-state index in [0.29, 0.717) is 20.8 Å². The molecule has 0 radical (unpaired) electrons. The molecular weight excluding hydrogens is 441 g/mol. The van der Waals surface area contributed by atoms with E-state index in [9.17, 15) is 0 Å². The fourth-order valence-electron chi connectivity index (χ4n) is 2.97. The van der Waals surface area contributed by atoms with Crippen molar-refractivity contribution in [1.29, 1.82) is 0 Å². The van der Waals surface area contributed by atoms with Gasteiger partial charge in [0, 0.05) is 44.2 Å². The molecule has 7 heteroatoms. The van der Waals surface area contributed by atoms with Gasteiger partial charge in [-0.3, -0.25) is 0 Å². The van der Waals surface area contributed by atoms with Gasteiger partial charge in [-0.1, -0.05) is 76.4 Å². The number of halogens is 3. The van der Waals surface area contributed by atoms with Crippen LogP contribution >= 0.6 is 34.8 Å². The van der Waals surface area contributed by atoms with Gasteiger partial charge in [0.1, 0.15) is 12.3 Å². The average Bonchev–Trinajstić information content (AvgIpc) is 3.28. The molecule has 3 aromatic carbocycles. The summed E-state index contributed by atoms with van der Waals surface area (Å²) in [5.41, 5.74) is 4.15. The summed E-state index contributed by atoms with van der Waals surface area (Å²) in [6.07, 6.45) is 5.36. The second-order valence-electron chi connectivity index (χ2n) is 6.44. The summed E-state index contributed by atoms with van der Waals surface area (Å²) >= 11 is 18.3. The molecule has 0 saturated heterocycles. The van der Waals surface area contributed by atoms with E-state index < -0.39 is 0 Å². The number of para-hydroxylation sites is 1. The number of hydrogen-bond acceptors (Lipinski definition) is 3. The van der Waals surface area contributed by atoms with Crippen molar-refractivity contribution in [3.8, 4) is 5.69 Å². The summed E-state index contributed by atoms with van der Waals surface area (Å²) in [6, 6.07) is 20.6. The molecule has 0 spiro atoms. The Morgan fingerprint density at radius 1 is 0.933 bits per heavy atom. The fourth-order valence-corrected chi connectivity index (χ4v) is 3.56. The zero-order chi connectivity index (χ0) is 20.9. The largest absolute Gasteiger partial charge is 0.390 e. The highest BCUT2D eigenvalue weighted by atomic mass is 35.5. The maximum Gasteiger partial charge on any atom is 0.143 e. The van der Waals surface area contributed by atoms with Crippen molar-refractivity contribution in [2.45, 2.75) is 6.61 Å². The predicted molar refractivity (Wildman–Crippen MR) is 122 cm³/mol. The molecule has 0 fully saturated rings. The number of imidazole rings is 1. The Morgan fingerprint density at radius 3 is 2.43 bits per heavy atom. The smallest absolute Gasteiger partial charge is 0.143 e. The van der Waals surface area contributed by atoms with Gasteiger partial charge in [-0.05, 0) is 30.3 Å². The quantitative estimate of drug-likeness (QED) is 0.236. The van der Waals surface area contributed by atoms with Gasteiger partial charge in [0.05, 0.1) is 12.0 Å². The lowest BCUT2D eigenvalue weighted by Gasteiger charge is -2.13. The molecule has 0 atom stereocenters. The van der Waals surface area contributed by atoms with Crippen LogP contribution in [-0.4, -0.2) is 15.3 Å². The van der Waals surface area contributed by atoms with Crippen LogP contribution in [0.25, 0.3) is 5.69 Å². The first-order valence-electron chi connectivity index (χ1n) is 9.09. The van der Waals surface area contributed by atoms with Gasteiger partial charge in [0.2, 0.25) is 0 Å². The van der Waals surface area contributed by atoms with E-state index >= 15 is 0 Å². The van der Waals surface area contributed by atoms with E-state index in [1.807, 2.05) is 65.4 Å². The zero-order valence-electron chi connectivity index (χ0n) is 15.7. The molecule has 0 aliphatic heterocycles. The molecule has 0 N–H and O–H groups in total. The van der Waals surface area contributed by atoms with Crippen LogP contribution in [0.1, 0.15) is 16.7 Å². The first-order chi connectivity index (χ1) is 14.6. The van der Waals surface area contributed by atoms with Crippen LogP contribution in [0.5, 0.6) is 0 Å². The minimum Gasteiger partial charge on any atom is -0.390 e. The third-order valence-electron chi connectivity index (χ3n) is 4.45. The van der Waals surface area contributed by atoms with Gasteiger partial charge in [-0.15, -0.1) is 0 Å². The molecular formula is C23H16Cl3N3O. The maximum atomic E-state index is 6.25. The van der Waals surface area contributed by atoms with Crippen LogP contribution in [0.4, 0.5) is 0 Å². The zero-order valence-corrected chi connectivity index (χ0v) is 17.9. The van der Waals surface area contributed by atoms with Crippen LogP contribution in [0.15, 0.2) is 90.6 Å². The van der Waals surface area contributed by atoms with Crippen molar-refractivity contribution < 1.29 is 4.84 Å². The highest BCUT2D eigenvalue weighted by Crippen LogP contribution is 2.23. The molecule has 1 heterocycles. The second kappa shape index (κ2) is 9.35. The van der Waals surface area contributed by atoms with E-state index in [4.69, 9.17) is 39.6 Å². The second-order valence-corrected chi connectivity index (χ2v) is 7.72. The lowest BCUT2D eigenvalue weighted by Crippen LogP contribution is -2.09. The lowest BCUT2D eigenvalue weighted by atomic mass is 10.0. The van der Waals surface area contributed by atoms with Crippen molar-refractivity contribution >= 4 is 40.5 Å². The minimum absolute atomic E-state index is 0.209. The van der Waals surface area contributed by atoms with E-state index in [2.05, 4.69) is 10.1 Å². The highest BCUT2D eigenvalue weighted by molar-refractivity contribution is 6.35. The number of oxime groups is 1. The Balaban J connectivity index is 1.72. The van der Waals surface area contributed by atoms with Gasteiger partial charge in [0.15, 0.2) is 0 Å². The molecule has 4 nitrogen and oxygen atoms in total. The van der Waals surface area contributed by atoms with Crippen molar-refractivity contribution in [3.05, 3.63) is 117 Å². The molecule has 0 amide bonds. The first kappa shape index (κ1) is 20.5. The molecule has 1 aromatic heterocycles. The van der Waals surface area contributed by atoms with E-state index in [0.717, 1.165) is 22.4 Å². The summed E-state index contributed by atoms with van der Waals surface area (Å²) in [4.78, 5) is 9.87. The Kier molecular flexibility index (Phi) is 6.38. The first-order valence-corrected chi connectivity index (χ1v) is 10.2. The predicted octanol–water partition coefficient (Wildman–Crippen LogP) is 6.80. The van der Waals surface area contributed by atoms with Crippen molar-refractivity contribution in [2.24, 2.45) is 5.16 Å². The number of aromatic nitrogens is 2. The van der Waals surface area contributed by atoms with Crippen LogP contribution in [0.3, 0.4) is 0 Å². The fraction of sp³-hybridized carbons (Fsp3) is 0.0435. The third kappa shape index (κ3) is 4.68. The number of rotatable bonds is 6. The highest BCUT2D eigenvalue weighted by Gasteiger charge is 2.14. The van der Waals surface area contributed by atoms with Crippen molar-refractivity contribution in [1.82, 2.24) is 9.55 Å². The van der Waals surface area contributed by atoms with Gasteiger partial charge >= 0.3 is 0 Å². The molecule has 0 unspecified atom stereocenters. The summed E-state index contributed by atoms with van der Waals surface area (Å²) in [6.45, 7) is 0.209. The SMILES string of the molecule is Clc1ccc(/C(=N\OCc2ccc(Cl)cc2Cl)c2ccccc2-n2ccnc2)cc1. The van der Waals surface area contributed by atoms with Gasteiger partial charge in [-0.2, -0.15) is 0 Å². The van der Waals surface area contributed by atoms with Crippen molar-refractivity contribution in [2.75, 3.05) is 0 Å². The normalized spacial score (nSPS) is 11.5. The number of benzene rings is 3. The van der Waals surface area contributed by atoms with Crippen LogP contribution in [-0.2, 0) is 11.4 Å².